The van der Waals surface area contributed by atoms with Crippen LogP contribution in [0, 0.1) is 0 Å². The Morgan fingerprint density at radius 2 is 1.96 bits per heavy atom. The van der Waals surface area contributed by atoms with E-state index < -0.39 is 17.9 Å². The molecule has 2 N–H and O–H groups in total. The summed E-state index contributed by atoms with van der Waals surface area (Å²) in [5.74, 6) is -1.11. The molecule has 1 heterocycles. The third-order valence-corrected chi connectivity index (χ3v) is 3.81. The van der Waals surface area contributed by atoms with E-state index in [1.165, 1.54) is 4.68 Å². The molecule has 0 bridgehead atoms. The van der Waals surface area contributed by atoms with E-state index in [4.69, 9.17) is 28.3 Å². The van der Waals surface area contributed by atoms with Gasteiger partial charge in [0.05, 0.1) is 16.5 Å². The van der Waals surface area contributed by atoms with Crippen molar-refractivity contribution in [1.29, 1.82) is 0 Å². The van der Waals surface area contributed by atoms with Crippen LogP contribution in [0.15, 0.2) is 18.2 Å². The Morgan fingerprint density at radius 1 is 1.33 bits per heavy atom. The fraction of sp³-hybridized carbons (Fsp3) is 0.333. The van der Waals surface area contributed by atoms with Crippen LogP contribution in [0.4, 0.5) is 0 Å². The van der Waals surface area contributed by atoms with Gasteiger partial charge in [0.2, 0.25) is 5.82 Å². The highest BCUT2D eigenvalue weighted by Crippen LogP contribution is 2.28. The molecule has 0 radical (unpaired) electrons. The van der Waals surface area contributed by atoms with Gasteiger partial charge in [0.25, 0.3) is 5.91 Å². The predicted molar refractivity (Wildman–Crippen MR) is 89.9 cm³/mol. The number of benzene rings is 1. The first-order valence-electron chi connectivity index (χ1n) is 7.26. The first-order valence-corrected chi connectivity index (χ1v) is 8.02. The maximum atomic E-state index is 12.2. The number of halogens is 2. The molecule has 0 saturated carbocycles. The Hall–Kier alpha value is -2.12. The number of carbonyl (C=O) groups excluding carboxylic acids is 1. The molecule has 1 aromatic heterocycles. The SMILES string of the molecule is CCc1nc(C(=O)NC(C)CC(=O)O)nn1-c1c(Cl)cccc1Cl. The number of carboxylic acids is 1. The van der Waals surface area contributed by atoms with E-state index in [9.17, 15) is 9.59 Å². The lowest BCUT2D eigenvalue weighted by Crippen LogP contribution is -2.34. The van der Waals surface area contributed by atoms with Gasteiger partial charge in [0.1, 0.15) is 11.5 Å². The van der Waals surface area contributed by atoms with Crippen LogP contribution in [0.5, 0.6) is 0 Å². The summed E-state index contributed by atoms with van der Waals surface area (Å²) < 4.78 is 1.43. The molecule has 1 aromatic carbocycles. The second-order valence-corrected chi connectivity index (χ2v) is 5.97. The number of aryl methyl sites for hydroxylation is 1. The van der Waals surface area contributed by atoms with Crippen molar-refractivity contribution >= 4 is 35.1 Å². The van der Waals surface area contributed by atoms with Gasteiger partial charge in [-0.3, -0.25) is 9.59 Å². The summed E-state index contributed by atoms with van der Waals surface area (Å²) in [4.78, 5) is 27.1. The highest BCUT2D eigenvalue weighted by molar-refractivity contribution is 6.37. The molecule has 0 saturated heterocycles. The summed E-state index contributed by atoms with van der Waals surface area (Å²) in [6.07, 6.45) is 0.315. The van der Waals surface area contributed by atoms with E-state index in [0.717, 1.165) is 0 Å². The monoisotopic (exact) mass is 370 g/mol. The molecule has 2 rings (SSSR count). The highest BCUT2D eigenvalue weighted by atomic mass is 35.5. The Morgan fingerprint density at radius 3 is 2.50 bits per heavy atom. The van der Waals surface area contributed by atoms with Crippen LogP contribution in [-0.4, -0.2) is 37.8 Å². The third kappa shape index (κ3) is 4.04. The minimum Gasteiger partial charge on any atom is -0.481 e. The number of para-hydroxylation sites is 1. The summed E-state index contributed by atoms with van der Waals surface area (Å²) in [6.45, 7) is 3.45. The van der Waals surface area contributed by atoms with Crippen LogP contribution < -0.4 is 5.32 Å². The van der Waals surface area contributed by atoms with Crippen LogP contribution >= 0.6 is 23.2 Å². The number of nitrogens with one attached hydrogen (secondary N) is 1. The predicted octanol–water partition coefficient (Wildman–Crippen LogP) is 2.73. The minimum atomic E-state index is -1.00. The van der Waals surface area contributed by atoms with Crippen LogP contribution in [-0.2, 0) is 11.2 Å². The van der Waals surface area contributed by atoms with Gasteiger partial charge in [-0.05, 0) is 19.1 Å². The molecule has 9 heteroatoms. The van der Waals surface area contributed by atoms with E-state index in [0.29, 0.717) is 28.0 Å². The number of carboxylic acid groups (broad SMARTS) is 1. The summed E-state index contributed by atoms with van der Waals surface area (Å²) in [5, 5.41) is 16.2. The van der Waals surface area contributed by atoms with Crippen molar-refractivity contribution in [2.75, 3.05) is 0 Å². The number of hydrogen-bond donors (Lipinski definition) is 2. The second kappa shape index (κ2) is 7.63. The quantitative estimate of drug-likeness (QED) is 0.814. The Kier molecular flexibility index (Phi) is 5.80. The van der Waals surface area contributed by atoms with Crippen molar-refractivity contribution in [3.8, 4) is 5.69 Å². The van der Waals surface area contributed by atoms with Crippen molar-refractivity contribution in [3.63, 3.8) is 0 Å². The number of nitrogens with zero attached hydrogens (tertiary/aromatic N) is 3. The molecule has 1 unspecified atom stereocenters. The summed E-state index contributed by atoms with van der Waals surface area (Å²) in [6, 6.07) is 4.49. The first kappa shape index (κ1) is 18.2. The molecule has 24 heavy (non-hydrogen) atoms. The standard InChI is InChI=1S/C15H16Cl2N4O3/c1-3-11-19-14(15(24)18-8(2)7-12(22)23)20-21(11)13-9(16)5-4-6-10(13)17/h4-6,8H,3,7H2,1-2H3,(H,18,24)(H,22,23). The lowest BCUT2D eigenvalue weighted by atomic mass is 10.2. The number of aromatic nitrogens is 3. The number of amides is 1. The summed E-state index contributed by atoms with van der Waals surface area (Å²) >= 11 is 12.4. The van der Waals surface area contributed by atoms with Gasteiger partial charge >= 0.3 is 5.97 Å². The number of aliphatic carboxylic acids is 1. The fourth-order valence-corrected chi connectivity index (χ4v) is 2.70. The molecule has 128 valence electrons. The molecule has 1 amide bonds. The summed E-state index contributed by atoms with van der Waals surface area (Å²) in [5.41, 5.74) is 0.447. The molecule has 1 atom stereocenters. The van der Waals surface area contributed by atoms with Gasteiger partial charge in [-0.25, -0.2) is 9.67 Å². The maximum Gasteiger partial charge on any atom is 0.305 e. The van der Waals surface area contributed by atoms with Crippen LogP contribution in [0.25, 0.3) is 5.69 Å². The van der Waals surface area contributed by atoms with Crippen molar-refractivity contribution in [3.05, 3.63) is 39.9 Å². The molecule has 2 aromatic rings. The number of carbonyl (C=O) groups is 2. The molecule has 0 aliphatic heterocycles. The van der Waals surface area contributed by atoms with Gasteiger partial charge in [0, 0.05) is 12.5 Å². The summed E-state index contributed by atoms with van der Waals surface area (Å²) in [7, 11) is 0. The molecule has 0 aliphatic carbocycles. The van der Waals surface area contributed by atoms with E-state index in [1.807, 2.05) is 6.92 Å². The van der Waals surface area contributed by atoms with Gasteiger partial charge in [-0.1, -0.05) is 36.2 Å². The zero-order chi connectivity index (χ0) is 17.9. The van der Waals surface area contributed by atoms with Gasteiger partial charge < -0.3 is 10.4 Å². The smallest absolute Gasteiger partial charge is 0.305 e. The van der Waals surface area contributed by atoms with Crippen molar-refractivity contribution in [2.45, 2.75) is 32.7 Å². The minimum absolute atomic E-state index is 0.0694. The third-order valence-electron chi connectivity index (χ3n) is 3.20. The van der Waals surface area contributed by atoms with E-state index in [2.05, 4.69) is 15.4 Å². The zero-order valence-corrected chi connectivity index (χ0v) is 14.6. The van der Waals surface area contributed by atoms with Crippen molar-refractivity contribution in [2.24, 2.45) is 0 Å². The number of rotatable bonds is 6. The molecule has 0 spiro atoms. The molecular weight excluding hydrogens is 355 g/mol. The van der Waals surface area contributed by atoms with Crippen molar-refractivity contribution < 1.29 is 14.7 Å². The number of hydrogen-bond acceptors (Lipinski definition) is 4. The maximum absolute atomic E-state index is 12.2. The van der Waals surface area contributed by atoms with E-state index in [-0.39, 0.29) is 12.2 Å². The van der Waals surface area contributed by atoms with Gasteiger partial charge in [-0.2, -0.15) is 0 Å². The highest BCUT2D eigenvalue weighted by Gasteiger charge is 2.21. The topological polar surface area (TPSA) is 97.1 Å². The lowest BCUT2D eigenvalue weighted by Gasteiger charge is -2.09. The average molecular weight is 371 g/mol. The zero-order valence-electron chi connectivity index (χ0n) is 13.1. The molecule has 0 fully saturated rings. The fourth-order valence-electron chi connectivity index (χ4n) is 2.14. The molecular formula is C15H16Cl2N4O3. The van der Waals surface area contributed by atoms with Crippen LogP contribution in [0.3, 0.4) is 0 Å². The van der Waals surface area contributed by atoms with Gasteiger partial charge in [0.15, 0.2) is 0 Å². The first-order chi connectivity index (χ1) is 11.3. The average Bonchev–Trinajstić information content (AvgIpc) is 2.90. The Bertz CT molecular complexity index is 756. The van der Waals surface area contributed by atoms with Gasteiger partial charge in [-0.15, -0.1) is 5.10 Å². The lowest BCUT2D eigenvalue weighted by molar-refractivity contribution is -0.137. The Balaban J connectivity index is 2.34. The Labute approximate surface area is 148 Å². The molecule has 7 nitrogen and oxygen atoms in total. The van der Waals surface area contributed by atoms with Crippen LogP contribution in [0.1, 0.15) is 36.7 Å². The molecule has 0 aliphatic rings. The van der Waals surface area contributed by atoms with E-state index >= 15 is 0 Å². The second-order valence-electron chi connectivity index (χ2n) is 5.16. The van der Waals surface area contributed by atoms with Crippen LogP contribution in [0.2, 0.25) is 10.0 Å². The van der Waals surface area contributed by atoms with Crippen molar-refractivity contribution in [1.82, 2.24) is 20.1 Å². The largest absolute Gasteiger partial charge is 0.481 e. The van der Waals surface area contributed by atoms with E-state index in [1.54, 1.807) is 25.1 Å². The normalized spacial score (nSPS) is 12.0.